The summed E-state index contributed by atoms with van der Waals surface area (Å²) in [6.45, 7) is 4.00. The van der Waals surface area contributed by atoms with Crippen LogP contribution in [0.4, 0.5) is 0 Å². The Morgan fingerprint density at radius 2 is 1.90 bits per heavy atom. The first-order valence-electron chi connectivity index (χ1n) is 10.3. The van der Waals surface area contributed by atoms with Gasteiger partial charge in [-0.3, -0.25) is 9.59 Å². The number of ether oxygens (including phenoxy) is 1. The molecule has 154 valence electrons. The Labute approximate surface area is 171 Å². The smallest absolute Gasteiger partial charge is 0.253 e. The van der Waals surface area contributed by atoms with E-state index in [1.807, 2.05) is 34.1 Å². The molecule has 2 aliphatic rings. The van der Waals surface area contributed by atoms with Gasteiger partial charge >= 0.3 is 0 Å². The molecule has 2 amide bonds. The van der Waals surface area contributed by atoms with Crippen LogP contribution in [0.5, 0.6) is 0 Å². The van der Waals surface area contributed by atoms with E-state index in [1.165, 1.54) is 5.56 Å². The summed E-state index contributed by atoms with van der Waals surface area (Å²) < 4.78 is 5.11. The summed E-state index contributed by atoms with van der Waals surface area (Å²) in [6, 6.07) is 7.85. The first-order chi connectivity index (χ1) is 14.1. The Bertz CT molecular complexity index is 882. The fourth-order valence-electron chi connectivity index (χ4n) is 4.69. The fraction of sp³-hybridized carbons (Fsp3) is 0.500. The number of H-pyrrole nitrogens is 1. The number of aromatic amines is 1. The van der Waals surface area contributed by atoms with Gasteiger partial charge < -0.3 is 19.5 Å². The van der Waals surface area contributed by atoms with Crippen LogP contribution in [-0.2, 0) is 27.9 Å². The van der Waals surface area contributed by atoms with Crippen molar-refractivity contribution in [3.8, 4) is 0 Å². The Kier molecular flexibility index (Phi) is 5.41. The molecule has 4 rings (SSSR count). The molecule has 0 aliphatic carbocycles. The van der Waals surface area contributed by atoms with Crippen LogP contribution >= 0.6 is 0 Å². The number of carbonyl (C=O) groups is 2. The van der Waals surface area contributed by atoms with Gasteiger partial charge in [-0.2, -0.15) is 0 Å². The third-order valence-corrected chi connectivity index (χ3v) is 6.32. The number of amides is 2. The van der Waals surface area contributed by atoms with E-state index in [0.29, 0.717) is 32.5 Å². The maximum atomic E-state index is 13.0. The second-order valence-electron chi connectivity index (χ2n) is 7.83. The lowest BCUT2D eigenvalue weighted by Crippen LogP contribution is -2.59. The molecule has 0 saturated carbocycles. The number of rotatable bonds is 4. The fourth-order valence-corrected chi connectivity index (χ4v) is 4.69. The van der Waals surface area contributed by atoms with Crippen LogP contribution in [0.25, 0.3) is 0 Å². The number of hydrogen-bond acceptors (Lipinski definition) is 4. The summed E-state index contributed by atoms with van der Waals surface area (Å²) in [4.78, 5) is 37.4. The molecule has 7 nitrogen and oxygen atoms in total. The quantitative estimate of drug-likeness (QED) is 0.859. The monoisotopic (exact) mass is 396 g/mol. The molecule has 1 aromatic carbocycles. The molecule has 2 aromatic rings. The highest BCUT2D eigenvalue weighted by Crippen LogP contribution is 2.42. The first-order valence-corrected chi connectivity index (χ1v) is 10.3. The van der Waals surface area contributed by atoms with Crippen molar-refractivity contribution in [2.75, 3.05) is 33.4 Å². The predicted molar refractivity (Wildman–Crippen MR) is 109 cm³/mol. The lowest BCUT2D eigenvalue weighted by molar-refractivity contribution is -0.145. The van der Waals surface area contributed by atoms with Crippen LogP contribution in [0.1, 0.15) is 47.1 Å². The Morgan fingerprint density at radius 3 is 2.55 bits per heavy atom. The summed E-state index contributed by atoms with van der Waals surface area (Å²) in [7, 11) is 1.54. The van der Waals surface area contributed by atoms with Crippen molar-refractivity contribution in [3.63, 3.8) is 0 Å². The van der Waals surface area contributed by atoms with Crippen LogP contribution in [0.15, 0.2) is 30.6 Å². The number of aryl methyl sites for hydroxylation is 1. The molecule has 0 unspecified atom stereocenters. The lowest BCUT2D eigenvalue weighted by Gasteiger charge is -2.50. The predicted octanol–water partition coefficient (Wildman–Crippen LogP) is 2.13. The van der Waals surface area contributed by atoms with Gasteiger partial charge in [0.25, 0.3) is 5.91 Å². The van der Waals surface area contributed by atoms with E-state index in [2.05, 4.69) is 16.9 Å². The number of piperidine rings is 1. The maximum Gasteiger partial charge on any atom is 0.253 e. The minimum atomic E-state index is -0.466. The number of benzene rings is 1. The van der Waals surface area contributed by atoms with Crippen molar-refractivity contribution in [2.45, 2.75) is 38.1 Å². The number of hydrogen-bond donors (Lipinski definition) is 1. The molecule has 1 spiro atoms. The molecular weight excluding hydrogens is 368 g/mol. The molecule has 7 heteroatoms. The molecule has 1 fully saturated rings. The SMILES string of the molecule is CCc1ccc(C(=O)N2CCC3(CC2)c2nc[nH]c2CCN3C(=O)COC)cc1. The molecule has 3 heterocycles. The number of likely N-dealkylation sites (tertiary alicyclic amines) is 1. The maximum absolute atomic E-state index is 13.0. The van der Waals surface area contributed by atoms with E-state index >= 15 is 0 Å². The summed E-state index contributed by atoms with van der Waals surface area (Å²) in [5.74, 6) is 0.0337. The average Bonchev–Trinajstić information content (AvgIpc) is 3.24. The van der Waals surface area contributed by atoms with Gasteiger partial charge in [-0.15, -0.1) is 0 Å². The highest BCUT2D eigenvalue weighted by Gasteiger charge is 2.49. The normalized spacial score (nSPS) is 18.0. The highest BCUT2D eigenvalue weighted by atomic mass is 16.5. The van der Waals surface area contributed by atoms with Gasteiger partial charge in [0.05, 0.1) is 17.6 Å². The summed E-state index contributed by atoms with van der Waals surface area (Å²) in [5.41, 5.74) is 3.52. The van der Waals surface area contributed by atoms with Crippen molar-refractivity contribution >= 4 is 11.8 Å². The molecule has 0 bridgehead atoms. The summed E-state index contributed by atoms with van der Waals surface area (Å²) in [5, 5.41) is 0. The summed E-state index contributed by atoms with van der Waals surface area (Å²) in [6.07, 6.45) is 4.79. The topological polar surface area (TPSA) is 78.5 Å². The van der Waals surface area contributed by atoms with Gasteiger partial charge in [0, 0.05) is 44.4 Å². The van der Waals surface area contributed by atoms with Gasteiger partial charge in [0.1, 0.15) is 6.61 Å². The standard InChI is InChI=1S/C22H28N4O3/c1-3-16-4-6-17(7-5-16)21(28)25-12-9-22(10-13-25)20-18(23-15-24-20)8-11-26(22)19(27)14-29-2/h4-7,15H,3,8-14H2,1-2H3,(H,23,24). The molecule has 1 N–H and O–H groups in total. The van der Waals surface area contributed by atoms with Gasteiger partial charge in [0.15, 0.2) is 0 Å². The van der Waals surface area contributed by atoms with Gasteiger partial charge in [-0.05, 0) is 37.0 Å². The van der Waals surface area contributed by atoms with E-state index in [-0.39, 0.29) is 18.4 Å². The van der Waals surface area contributed by atoms with Gasteiger partial charge in [-0.1, -0.05) is 19.1 Å². The number of aromatic nitrogens is 2. The van der Waals surface area contributed by atoms with Crippen LogP contribution in [0, 0.1) is 0 Å². The largest absolute Gasteiger partial charge is 0.375 e. The minimum absolute atomic E-state index is 0.0175. The van der Waals surface area contributed by atoms with Gasteiger partial charge in [0.2, 0.25) is 5.91 Å². The number of imidazole rings is 1. The first kappa shape index (κ1) is 19.6. The number of fused-ring (bicyclic) bond motifs is 2. The minimum Gasteiger partial charge on any atom is -0.375 e. The van der Waals surface area contributed by atoms with Crippen LogP contribution in [0.3, 0.4) is 0 Å². The van der Waals surface area contributed by atoms with Gasteiger partial charge in [-0.25, -0.2) is 4.98 Å². The zero-order chi connectivity index (χ0) is 20.4. The molecule has 2 aliphatic heterocycles. The number of nitrogens with zero attached hydrogens (tertiary/aromatic N) is 3. The van der Waals surface area contributed by atoms with Crippen LogP contribution in [-0.4, -0.2) is 64.9 Å². The molecule has 1 saturated heterocycles. The van der Waals surface area contributed by atoms with Crippen molar-refractivity contribution in [1.29, 1.82) is 0 Å². The Morgan fingerprint density at radius 1 is 1.17 bits per heavy atom. The molecule has 29 heavy (non-hydrogen) atoms. The highest BCUT2D eigenvalue weighted by molar-refractivity contribution is 5.94. The molecule has 1 aromatic heterocycles. The van der Waals surface area contributed by atoms with Crippen molar-refractivity contribution < 1.29 is 14.3 Å². The Hall–Kier alpha value is -2.67. The van der Waals surface area contributed by atoms with E-state index < -0.39 is 5.54 Å². The van der Waals surface area contributed by atoms with E-state index in [1.54, 1.807) is 13.4 Å². The van der Waals surface area contributed by atoms with E-state index in [0.717, 1.165) is 29.8 Å². The molecule has 0 atom stereocenters. The number of nitrogens with one attached hydrogen (secondary N) is 1. The van der Waals surface area contributed by atoms with E-state index in [4.69, 9.17) is 4.74 Å². The average molecular weight is 396 g/mol. The van der Waals surface area contributed by atoms with Crippen LogP contribution in [0.2, 0.25) is 0 Å². The second-order valence-corrected chi connectivity index (χ2v) is 7.83. The Balaban J connectivity index is 1.55. The molecule has 0 radical (unpaired) electrons. The van der Waals surface area contributed by atoms with Crippen LogP contribution < -0.4 is 0 Å². The zero-order valence-corrected chi connectivity index (χ0v) is 17.1. The van der Waals surface area contributed by atoms with Crippen molar-refractivity contribution in [1.82, 2.24) is 19.8 Å². The zero-order valence-electron chi connectivity index (χ0n) is 17.1. The van der Waals surface area contributed by atoms with Crippen molar-refractivity contribution in [2.24, 2.45) is 0 Å². The number of carbonyl (C=O) groups excluding carboxylic acids is 2. The van der Waals surface area contributed by atoms with E-state index in [9.17, 15) is 9.59 Å². The third-order valence-electron chi connectivity index (χ3n) is 6.32. The summed E-state index contributed by atoms with van der Waals surface area (Å²) >= 11 is 0. The second kappa shape index (κ2) is 7.99. The lowest BCUT2D eigenvalue weighted by atomic mass is 9.78. The van der Waals surface area contributed by atoms with Crippen molar-refractivity contribution in [3.05, 3.63) is 53.1 Å². The third kappa shape index (κ3) is 3.44. The molecular formula is C22H28N4O3. The number of methoxy groups -OCH3 is 1.